The van der Waals surface area contributed by atoms with Crippen LogP contribution in [0.5, 0.6) is 0 Å². The molecule has 15 heteroatoms. The molecular weight excluding hydrogens is 590 g/mol. The minimum atomic E-state index is -4.07. The number of piperidine rings is 1. The molecule has 1 aromatic carbocycles. The number of ketones is 1. The van der Waals surface area contributed by atoms with Gasteiger partial charge in [-0.15, -0.1) is 0 Å². The second-order valence-corrected chi connectivity index (χ2v) is 13.7. The normalized spacial score (nSPS) is 15.7. The fourth-order valence-electron chi connectivity index (χ4n) is 5.02. The summed E-state index contributed by atoms with van der Waals surface area (Å²) in [6.07, 6.45) is 2.86. The number of Topliss-reactive ketones (excluding diaryl/α,β-unsaturated/α-hetero) is 1. The lowest BCUT2D eigenvalue weighted by Gasteiger charge is -2.34. The minimum Gasteiger partial charge on any atom is -0.444 e. The maximum Gasteiger partial charge on any atom is 0.407 e. The summed E-state index contributed by atoms with van der Waals surface area (Å²) < 4.78 is 32.7. The molecule has 1 atom stereocenters. The van der Waals surface area contributed by atoms with E-state index in [1.165, 1.54) is 29.8 Å². The van der Waals surface area contributed by atoms with Gasteiger partial charge in [0, 0.05) is 38.3 Å². The molecule has 1 fully saturated rings. The van der Waals surface area contributed by atoms with Crippen LogP contribution in [0.25, 0.3) is 11.2 Å². The number of ether oxygens (including phenoxy) is 1. The number of aromatic nitrogens is 4. The summed E-state index contributed by atoms with van der Waals surface area (Å²) in [5.74, 6) is -0.193. The number of carbonyl (C=O) groups excluding carboxylic acids is 2. The minimum absolute atomic E-state index is 0.0128. The Morgan fingerprint density at radius 3 is 2.52 bits per heavy atom. The lowest BCUT2D eigenvalue weighted by Crippen LogP contribution is -2.49. The number of sulfonamides is 1. The Morgan fingerprint density at radius 2 is 1.89 bits per heavy atom. The summed E-state index contributed by atoms with van der Waals surface area (Å²) in [5.41, 5.74) is -0.835. The van der Waals surface area contributed by atoms with E-state index in [4.69, 9.17) is 14.9 Å². The van der Waals surface area contributed by atoms with Crippen molar-refractivity contribution in [1.82, 2.24) is 24.0 Å². The quantitative estimate of drug-likeness (QED) is 0.278. The fraction of sp³-hybridized carbons (Fsp3) is 0.483. The van der Waals surface area contributed by atoms with E-state index >= 15 is 0 Å². The summed E-state index contributed by atoms with van der Waals surface area (Å²) in [6, 6.07) is 4.88. The molecule has 3 N–H and O–H groups in total. The molecule has 2 aromatic heterocycles. The van der Waals surface area contributed by atoms with Gasteiger partial charge in [-0.1, -0.05) is 23.8 Å². The Kier molecular flexibility index (Phi) is 9.21. The summed E-state index contributed by atoms with van der Waals surface area (Å²) in [5, 5.41) is 8.12. The van der Waals surface area contributed by atoms with Crippen molar-refractivity contribution in [3.63, 3.8) is 0 Å². The predicted molar refractivity (Wildman–Crippen MR) is 165 cm³/mol. The molecule has 3 aromatic rings. The van der Waals surface area contributed by atoms with Crippen molar-refractivity contribution in [2.75, 3.05) is 18.0 Å². The topological polar surface area (TPSA) is 181 Å². The highest BCUT2D eigenvalue weighted by Crippen LogP contribution is 2.24. The summed E-state index contributed by atoms with van der Waals surface area (Å²) in [6.45, 7) is 9.86. The number of amides is 1. The van der Waals surface area contributed by atoms with Crippen LogP contribution in [0, 0.1) is 0 Å². The molecule has 1 aliphatic rings. The number of nitrogens with zero attached hydrogens (tertiary/aromatic N) is 5. The molecule has 1 unspecified atom stereocenters. The summed E-state index contributed by atoms with van der Waals surface area (Å²) >= 11 is 0. The largest absolute Gasteiger partial charge is 0.444 e. The van der Waals surface area contributed by atoms with Crippen LogP contribution in [0.15, 0.2) is 50.4 Å². The zero-order chi connectivity index (χ0) is 32.6. The zero-order valence-corrected chi connectivity index (χ0v) is 26.6. The van der Waals surface area contributed by atoms with E-state index in [0.717, 1.165) is 29.0 Å². The first kappa shape index (κ1) is 32.7. The molecular formula is C29H39N7O7S. The number of allylic oxidation sites excluding steroid dienone is 2. The van der Waals surface area contributed by atoms with Gasteiger partial charge in [-0.2, -0.15) is 4.98 Å². The standard InChI is InChI=1S/C29H39N7O7S/c1-18(2)12-14-35-23-24(32-26(35)34-13-8-10-20(16-34)31-27(39)43-29(3,4)5)33(6)28(40)36(25(23)38)17-22(37)19-9-7-11-21(15-19)44(30,41)42/h7,9,11-12,15,20H,8,10,13-14,16-17H2,1-6H3,(H,31,39)(H2,30,41,42). The second kappa shape index (κ2) is 12.4. The monoisotopic (exact) mass is 629 g/mol. The highest BCUT2D eigenvalue weighted by Gasteiger charge is 2.29. The van der Waals surface area contributed by atoms with Gasteiger partial charge in [-0.25, -0.2) is 23.1 Å². The summed E-state index contributed by atoms with van der Waals surface area (Å²) in [7, 11) is -2.60. The van der Waals surface area contributed by atoms with Crippen LogP contribution >= 0.6 is 0 Å². The molecule has 1 amide bonds. The van der Waals surface area contributed by atoms with Gasteiger partial charge in [0.15, 0.2) is 16.9 Å². The van der Waals surface area contributed by atoms with Gasteiger partial charge in [-0.05, 0) is 59.6 Å². The van der Waals surface area contributed by atoms with Crippen molar-refractivity contribution in [3.05, 3.63) is 62.3 Å². The highest BCUT2D eigenvalue weighted by molar-refractivity contribution is 7.89. The summed E-state index contributed by atoms with van der Waals surface area (Å²) in [4.78, 5) is 59.3. The average Bonchev–Trinajstić information content (AvgIpc) is 3.31. The number of nitrogens with one attached hydrogen (secondary N) is 1. The third-order valence-electron chi connectivity index (χ3n) is 7.11. The Balaban J connectivity index is 1.76. The number of nitrogens with two attached hydrogens (primary N) is 1. The van der Waals surface area contributed by atoms with Crippen molar-refractivity contribution >= 4 is 39.0 Å². The van der Waals surface area contributed by atoms with Crippen LogP contribution in [-0.4, -0.2) is 63.7 Å². The van der Waals surface area contributed by atoms with E-state index in [1.807, 2.05) is 24.8 Å². The molecule has 1 saturated heterocycles. The van der Waals surface area contributed by atoms with Gasteiger partial charge in [0.25, 0.3) is 5.56 Å². The third kappa shape index (κ3) is 7.27. The maximum absolute atomic E-state index is 13.9. The molecule has 1 aliphatic heterocycles. The van der Waals surface area contributed by atoms with E-state index < -0.39 is 45.3 Å². The number of hydrogen-bond donors (Lipinski definition) is 2. The molecule has 0 spiro atoms. The lowest BCUT2D eigenvalue weighted by molar-refractivity contribution is 0.0499. The third-order valence-corrected chi connectivity index (χ3v) is 8.02. The van der Waals surface area contributed by atoms with Gasteiger partial charge in [0.05, 0.1) is 11.4 Å². The molecule has 3 heterocycles. The first-order chi connectivity index (χ1) is 20.5. The van der Waals surface area contributed by atoms with E-state index in [2.05, 4.69) is 5.32 Å². The molecule has 4 rings (SSSR count). The van der Waals surface area contributed by atoms with Crippen molar-refractivity contribution in [3.8, 4) is 0 Å². The number of benzene rings is 1. The van der Waals surface area contributed by atoms with Crippen LogP contribution < -0.4 is 26.6 Å². The number of primary sulfonamides is 1. The average molecular weight is 630 g/mol. The van der Waals surface area contributed by atoms with Gasteiger partial charge in [0.2, 0.25) is 16.0 Å². The number of carbonyl (C=O) groups is 2. The zero-order valence-electron chi connectivity index (χ0n) is 25.8. The van der Waals surface area contributed by atoms with Gasteiger partial charge in [-0.3, -0.25) is 18.7 Å². The number of hydrogen-bond acceptors (Lipinski definition) is 9. The number of fused-ring (bicyclic) bond motifs is 1. The molecule has 14 nitrogen and oxygen atoms in total. The lowest BCUT2D eigenvalue weighted by atomic mass is 10.1. The Bertz CT molecular complexity index is 1860. The first-order valence-electron chi connectivity index (χ1n) is 14.2. The SMILES string of the molecule is CC(C)=CCn1c(N2CCCC(NC(=O)OC(C)(C)C)C2)nc2c1c(=O)n(CC(=O)c1cccc(S(N)(=O)=O)c1)c(=O)n2C. The molecule has 238 valence electrons. The van der Waals surface area contributed by atoms with Gasteiger partial charge in [0.1, 0.15) is 5.60 Å². The van der Waals surface area contributed by atoms with Crippen LogP contribution in [0.3, 0.4) is 0 Å². The molecule has 0 radical (unpaired) electrons. The van der Waals surface area contributed by atoms with Crippen molar-refractivity contribution in [2.24, 2.45) is 12.2 Å². The fourth-order valence-corrected chi connectivity index (χ4v) is 5.58. The van der Waals surface area contributed by atoms with Gasteiger partial charge < -0.3 is 19.5 Å². The van der Waals surface area contributed by atoms with Crippen molar-refractivity contribution in [1.29, 1.82) is 0 Å². The number of imidazole rings is 1. The van der Waals surface area contributed by atoms with Crippen molar-refractivity contribution in [2.45, 2.75) is 77.1 Å². The Morgan fingerprint density at radius 1 is 1.18 bits per heavy atom. The van der Waals surface area contributed by atoms with Crippen LogP contribution in [-0.2, 0) is 34.9 Å². The van der Waals surface area contributed by atoms with E-state index in [9.17, 15) is 27.6 Å². The van der Waals surface area contributed by atoms with Crippen LogP contribution in [0.2, 0.25) is 0 Å². The molecule has 0 aliphatic carbocycles. The smallest absolute Gasteiger partial charge is 0.407 e. The van der Waals surface area contributed by atoms with Crippen molar-refractivity contribution < 1.29 is 22.7 Å². The van der Waals surface area contributed by atoms with E-state index in [1.54, 1.807) is 25.3 Å². The van der Waals surface area contributed by atoms with E-state index in [0.29, 0.717) is 19.0 Å². The molecule has 0 saturated carbocycles. The first-order valence-corrected chi connectivity index (χ1v) is 15.7. The van der Waals surface area contributed by atoms with Crippen LogP contribution in [0.4, 0.5) is 10.7 Å². The highest BCUT2D eigenvalue weighted by atomic mass is 32.2. The van der Waals surface area contributed by atoms with E-state index in [-0.39, 0.29) is 34.2 Å². The Hall–Kier alpha value is -4.24. The van der Waals surface area contributed by atoms with Gasteiger partial charge >= 0.3 is 11.8 Å². The maximum atomic E-state index is 13.9. The number of rotatable bonds is 8. The predicted octanol–water partition coefficient (Wildman–Crippen LogP) is 1.89. The molecule has 44 heavy (non-hydrogen) atoms. The number of aryl methyl sites for hydroxylation is 1. The number of alkyl carbamates (subject to hydrolysis) is 1. The number of anilines is 1. The second-order valence-electron chi connectivity index (χ2n) is 12.1. The Labute approximate surface area is 255 Å². The molecule has 0 bridgehead atoms. The van der Waals surface area contributed by atoms with Crippen LogP contribution in [0.1, 0.15) is 57.8 Å².